The highest BCUT2D eigenvalue weighted by molar-refractivity contribution is 7.91. The molecule has 1 N–H and O–H groups in total. The number of benzene rings is 3. The number of carbonyl (C=O) groups is 1. The zero-order chi connectivity index (χ0) is 23.6. The number of carbonyl (C=O) groups excluding carboxylic acids is 1. The second kappa shape index (κ2) is 9.09. The van der Waals surface area contributed by atoms with E-state index < -0.39 is 26.7 Å². The largest absolute Gasteiger partial charge is 0.465 e. The number of nitrogens with zero attached hydrogens (tertiary/aromatic N) is 1. The molecule has 33 heavy (non-hydrogen) atoms. The Morgan fingerprint density at radius 3 is 1.91 bits per heavy atom. The summed E-state index contributed by atoms with van der Waals surface area (Å²) in [6, 6.07) is 26.1. The lowest BCUT2D eigenvalue weighted by Crippen LogP contribution is -2.66. The molecule has 1 fully saturated rings. The average Bonchev–Trinajstić information content (AvgIpc) is 2.78. The molecule has 1 aliphatic heterocycles. The molecule has 0 amide bonds. The number of hydrogen-bond donors (Lipinski definition) is 1. The van der Waals surface area contributed by atoms with Crippen LogP contribution in [0.25, 0.3) is 0 Å². The van der Waals surface area contributed by atoms with Gasteiger partial charge < -0.3 is 9.84 Å². The van der Waals surface area contributed by atoms with Gasteiger partial charge in [0.05, 0.1) is 18.7 Å². The number of methoxy groups -OCH3 is 1. The average molecular weight is 466 g/mol. The molecule has 1 atom stereocenters. The number of sulfone groups is 1. The van der Waals surface area contributed by atoms with Gasteiger partial charge in [-0.1, -0.05) is 72.8 Å². The van der Waals surface area contributed by atoms with Gasteiger partial charge in [0, 0.05) is 19.3 Å². The molecule has 0 aliphatic carbocycles. The van der Waals surface area contributed by atoms with Crippen LogP contribution in [0.2, 0.25) is 0 Å². The third-order valence-corrected chi connectivity index (χ3v) is 7.64. The van der Waals surface area contributed by atoms with Crippen molar-refractivity contribution in [3.8, 4) is 0 Å². The van der Waals surface area contributed by atoms with E-state index >= 15 is 0 Å². The van der Waals surface area contributed by atoms with Crippen LogP contribution in [0.1, 0.15) is 38.3 Å². The van der Waals surface area contributed by atoms with E-state index in [2.05, 4.69) is 4.90 Å². The first kappa shape index (κ1) is 23.2. The first-order valence-electron chi connectivity index (χ1n) is 10.7. The maximum Gasteiger partial charge on any atom is 0.337 e. The summed E-state index contributed by atoms with van der Waals surface area (Å²) in [6.07, 6.45) is 1.12. The molecular formula is C26H27NO5S. The van der Waals surface area contributed by atoms with Crippen molar-refractivity contribution in [1.29, 1.82) is 0 Å². The Labute approximate surface area is 194 Å². The van der Waals surface area contributed by atoms with Crippen molar-refractivity contribution in [3.05, 3.63) is 107 Å². The van der Waals surface area contributed by atoms with E-state index in [4.69, 9.17) is 4.74 Å². The summed E-state index contributed by atoms with van der Waals surface area (Å²) in [5.41, 5.74) is 1.25. The molecule has 1 saturated heterocycles. The van der Waals surface area contributed by atoms with Crippen molar-refractivity contribution in [1.82, 2.24) is 4.90 Å². The van der Waals surface area contributed by atoms with Crippen LogP contribution in [-0.4, -0.2) is 56.4 Å². The van der Waals surface area contributed by atoms with Crippen molar-refractivity contribution >= 4 is 15.8 Å². The minimum absolute atomic E-state index is 0.116. The summed E-state index contributed by atoms with van der Waals surface area (Å²) in [7, 11) is -2.42. The molecule has 1 aliphatic rings. The van der Waals surface area contributed by atoms with Gasteiger partial charge in [-0.25, -0.2) is 13.2 Å². The van der Waals surface area contributed by atoms with Crippen LogP contribution in [-0.2, 0) is 14.6 Å². The van der Waals surface area contributed by atoms with Gasteiger partial charge in [-0.3, -0.25) is 4.90 Å². The molecule has 0 bridgehead atoms. The van der Waals surface area contributed by atoms with Crippen LogP contribution in [0.15, 0.2) is 84.9 Å². The van der Waals surface area contributed by atoms with E-state index in [1.807, 2.05) is 60.7 Å². The van der Waals surface area contributed by atoms with Crippen LogP contribution in [0.4, 0.5) is 0 Å². The number of esters is 1. The second-order valence-electron chi connectivity index (χ2n) is 8.56. The molecule has 7 heteroatoms. The molecule has 6 nitrogen and oxygen atoms in total. The van der Waals surface area contributed by atoms with Gasteiger partial charge in [-0.2, -0.15) is 0 Å². The predicted octanol–water partition coefficient (Wildman–Crippen LogP) is 3.40. The number of hydrogen-bond acceptors (Lipinski definition) is 6. The van der Waals surface area contributed by atoms with Crippen molar-refractivity contribution in [2.24, 2.45) is 0 Å². The highest BCUT2D eigenvalue weighted by atomic mass is 32.2. The molecule has 1 heterocycles. The second-order valence-corrected chi connectivity index (χ2v) is 10.7. The Hall–Kier alpha value is -3.00. The summed E-state index contributed by atoms with van der Waals surface area (Å²) in [4.78, 5) is 14.1. The Morgan fingerprint density at radius 2 is 1.42 bits per heavy atom. The van der Waals surface area contributed by atoms with Crippen LogP contribution in [0, 0.1) is 0 Å². The van der Waals surface area contributed by atoms with Gasteiger partial charge >= 0.3 is 5.97 Å². The zero-order valence-corrected chi connectivity index (χ0v) is 19.4. The number of ether oxygens (including phenoxy) is 1. The van der Waals surface area contributed by atoms with E-state index in [1.165, 1.54) is 13.2 Å². The van der Waals surface area contributed by atoms with E-state index in [9.17, 15) is 18.3 Å². The van der Waals surface area contributed by atoms with Gasteiger partial charge in [0.1, 0.15) is 10.9 Å². The molecule has 0 spiro atoms. The van der Waals surface area contributed by atoms with Crippen molar-refractivity contribution in [2.75, 3.05) is 26.5 Å². The molecule has 0 saturated carbocycles. The van der Waals surface area contributed by atoms with Gasteiger partial charge in [-0.05, 0) is 28.8 Å². The summed E-state index contributed by atoms with van der Waals surface area (Å²) in [5.74, 6) is -0.556. The third kappa shape index (κ3) is 4.71. The van der Waals surface area contributed by atoms with E-state index in [1.54, 1.807) is 18.2 Å². The normalized spacial score (nSPS) is 16.7. The predicted molar refractivity (Wildman–Crippen MR) is 127 cm³/mol. The lowest BCUT2D eigenvalue weighted by atomic mass is 9.82. The molecule has 4 rings (SSSR count). The molecule has 3 aromatic rings. The Morgan fingerprint density at radius 1 is 0.909 bits per heavy atom. The number of rotatable bonds is 7. The smallest absolute Gasteiger partial charge is 0.337 e. The van der Waals surface area contributed by atoms with Crippen molar-refractivity contribution < 1.29 is 23.1 Å². The Balaban J connectivity index is 1.68. The molecule has 0 aromatic heterocycles. The Bertz CT molecular complexity index is 1180. The standard InChI is InChI=1S/C26H27NO5S/c1-32-25(28)22-15-9-14-21(16-22)24(33(2,30)31)26(29)17-27(18-26)23(19-10-5-3-6-11-19)20-12-7-4-8-13-20/h3-16,23-24,29H,17-18H2,1-2H3. The summed E-state index contributed by atoms with van der Waals surface area (Å²) in [6.45, 7) is 0.337. The first-order valence-corrected chi connectivity index (χ1v) is 12.6. The van der Waals surface area contributed by atoms with Crippen LogP contribution < -0.4 is 0 Å². The van der Waals surface area contributed by atoms with Crippen LogP contribution >= 0.6 is 0 Å². The fraction of sp³-hybridized carbons (Fsp3) is 0.269. The summed E-state index contributed by atoms with van der Waals surface area (Å²) < 4.78 is 30.5. The first-order chi connectivity index (χ1) is 15.7. The lowest BCUT2D eigenvalue weighted by Gasteiger charge is -2.53. The van der Waals surface area contributed by atoms with Gasteiger partial charge in [0.25, 0.3) is 0 Å². The van der Waals surface area contributed by atoms with Gasteiger partial charge in [0.2, 0.25) is 0 Å². The number of aliphatic hydroxyl groups is 1. The zero-order valence-electron chi connectivity index (χ0n) is 18.6. The van der Waals surface area contributed by atoms with Crippen LogP contribution in [0.5, 0.6) is 0 Å². The lowest BCUT2D eigenvalue weighted by molar-refractivity contribution is -0.112. The Kier molecular flexibility index (Phi) is 6.38. The SMILES string of the molecule is COC(=O)c1cccc(C(C2(O)CN(C(c3ccccc3)c3ccccc3)C2)S(C)(=O)=O)c1. The molecular weight excluding hydrogens is 438 g/mol. The van der Waals surface area contributed by atoms with Crippen LogP contribution in [0.3, 0.4) is 0 Å². The third-order valence-electron chi connectivity index (χ3n) is 6.08. The topological polar surface area (TPSA) is 83.9 Å². The van der Waals surface area contributed by atoms with E-state index in [0.29, 0.717) is 5.56 Å². The fourth-order valence-electron chi connectivity index (χ4n) is 4.79. The van der Waals surface area contributed by atoms with Gasteiger partial charge in [0.15, 0.2) is 9.84 Å². The van der Waals surface area contributed by atoms with Gasteiger partial charge in [-0.15, -0.1) is 0 Å². The molecule has 0 radical (unpaired) electrons. The summed E-state index contributed by atoms with van der Waals surface area (Å²) in [5, 5.41) is 10.4. The highest BCUT2D eigenvalue weighted by Gasteiger charge is 2.54. The quantitative estimate of drug-likeness (QED) is 0.539. The summed E-state index contributed by atoms with van der Waals surface area (Å²) >= 11 is 0. The molecule has 3 aromatic carbocycles. The van der Waals surface area contributed by atoms with E-state index in [-0.39, 0.29) is 24.7 Å². The van der Waals surface area contributed by atoms with Crippen molar-refractivity contribution in [2.45, 2.75) is 16.9 Å². The number of β-amino-alcohol motifs (C(OH)–C–C–N with tert-alkyl or cyclic N) is 1. The molecule has 172 valence electrons. The highest BCUT2D eigenvalue weighted by Crippen LogP contribution is 2.44. The van der Waals surface area contributed by atoms with E-state index in [0.717, 1.165) is 17.4 Å². The maximum atomic E-state index is 12.8. The minimum Gasteiger partial charge on any atom is -0.465 e. The number of likely N-dealkylation sites (tertiary alicyclic amines) is 1. The maximum absolute atomic E-state index is 12.8. The fourth-order valence-corrected chi connectivity index (χ4v) is 6.38. The monoisotopic (exact) mass is 465 g/mol. The minimum atomic E-state index is -3.69. The van der Waals surface area contributed by atoms with Crippen molar-refractivity contribution in [3.63, 3.8) is 0 Å². The molecule has 1 unspecified atom stereocenters.